The molecule has 2 aromatic carbocycles. The largest absolute Gasteiger partial charge is 0.506 e. The molecule has 0 unspecified atom stereocenters. The first kappa shape index (κ1) is 18.9. The van der Waals surface area contributed by atoms with E-state index in [2.05, 4.69) is 15.2 Å². The number of amides is 1. The van der Waals surface area contributed by atoms with Crippen molar-refractivity contribution in [2.24, 2.45) is 5.92 Å². The number of hydrogen-bond donors (Lipinski definition) is 2. The van der Waals surface area contributed by atoms with E-state index in [1.54, 1.807) is 36.4 Å². The van der Waals surface area contributed by atoms with E-state index in [0.717, 1.165) is 37.1 Å². The van der Waals surface area contributed by atoms with E-state index in [1.807, 2.05) is 18.2 Å². The SMILES string of the molecule is CC(=O)c1ccc(NC(=O)C2CCN(c3ccc4cccc(O)c4n3)CC2)cc1. The fourth-order valence-electron chi connectivity index (χ4n) is 3.70. The van der Waals surface area contributed by atoms with Crippen molar-refractivity contribution in [3.63, 3.8) is 0 Å². The van der Waals surface area contributed by atoms with Crippen LogP contribution >= 0.6 is 0 Å². The average Bonchev–Trinajstić information content (AvgIpc) is 2.74. The molecule has 6 nitrogen and oxygen atoms in total. The number of aromatic nitrogens is 1. The van der Waals surface area contributed by atoms with Gasteiger partial charge in [0.2, 0.25) is 5.91 Å². The second-order valence-electron chi connectivity index (χ2n) is 7.40. The number of Topliss-reactive ketones (excluding diaryl/α,β-unsaturated/α-hetero) is 1. The van der Waals surface area contributed by atoms with Crippen LogP contribution in [0.2, 0.25) is 0 Å². The van der Waals surface area contributed by atoms with Crippen LogP contribution in [0.5, 0.6) is 5.75 Å². The summed E-state index contributed by atoms with van der Waals surface area (Å²) in [6.45, 7) is 2.98. The minimum absolute atomic E-state index is 0.00402. The highest BCUT2D eigenvalue weighted by Crippen LogP contribution is 2.28. The van der Waals surface area contributed by atoms with Gasteiger partial charge in [-0.1, -0.05) is 12.1 Å². The van der Waals surface area contributed by atoms with Crippen LogP contribution in [0, 0.1) is 5.92 Å². The molecule has 6 heteroatoms. The molecule has 1 aromatic heterocycles. The Kier molecular flexibility index (Phi) is 5.16. The number of anilines is 2. The third-order valence-electron chi connectivity index (χ3n) is 5.43. The number of nitrogens with one attached hydrogen (secondary N) is 1. The molecule has 0 bridgehead atoms. The number of phenols is 1. The van der Waals surface area contributed by atoms with E-state index < -0.39 is 0 Å². The van der Waals surface area contributed by atoms with E-state index in [4.69, 9.17) is 0 Å². The lowest BCUT2D eigenvalue weighted by atomic mass is 9.95. The third kappa shape index (κ3) is 4.06. The number of aromatic hydroxyl groups is 1. The molecule has 0 aliphatic carbocycles. The first-order valence-corrected chi connectivity index (χ1v) is 9.77. The third-order valence-corrected chi connectivity index (χ3v) is 5.43. The quantitative estimate of drug-likeness (QED) is 0.659. The number of nitrogens with zero attached hydrogens (tertiary/aromatic N) is 2. The second-order valence-corrected chi connectivity index (χ2v) is 7.40. The molecule has 0 atom stereocenters. The van der Waals surface area contributed by atoms with Crippen LogP contribution in [0.1, 0.15) is 30.1 Å². The maximum absolute atomic E-state index is 12.6. The topological polar surface area (TPSA) is 82.5 Å². The molecule has 1 aliphatic heterocycles. The van der Waals surface area contributed by atoms with Gasteiger partial charge >= 0.3 is 0 Å². The van der Waals surface area contributed by atoms with Crippen LogP contribution in [0.25, 0.3) is 10.9 Å². The van der Waals surface area contributed by atoms with Crippen molar-refractivity contribution >= 4 is 34.1 Å². The lowest BCUT2D eigenvalue weighted by molar-refractivity contribution is -0.120. The maximum Gasteiger partial charge on any atom is 0.227 e. The number of benzene rings is 2. The molecule has 1 aliphatic rings. The van der Waals surface area contributed by atoms with E-state index in [-0.39, 0.29) is 23.4 Å². The summed E-state index contributed by atoms with van der Waals surface area (Å²) in [7, 11) is 0. The van der Waals surface area contributed by atoms with Gasteiger partial charge in [-0.3, -0.25) is 9.59 Å². The van der Waals surface area contributed by atoms with Crippen molar-refractivity contribution in [2.75, 3.05) is 23.3 Å². The Balaban J connectivity index is 1.38. The molecule has 4 rings (SSSR count). The summed E-state index contributed by atoms with van der Waals surface area (Å²) in [6.07, 6.45) is 1.47. The van der Waals surface area contributed by atoms with Crippen molar-refractivity contribution < 1.29 is 14.7 Å². The number of rotatable bonds is 4. The predicted octanol–water partition coefficient (Wildman–Crippen LogP) is 4.00. The summed E-state index contributed by atoms with van der Waals surface area (Å²) in [5.74, 6) is 0.940. The lowest BCUT2D eigenvalue weighted by Crippen LogP contribution is -2.38. The van der Waals surface area contributed by atoms with Gasteiger partial charge in [0.25, 0.3) is 0 Å². The minimum atomic E-state index is -0.0624. The van der Waals surface area contributed by atoms with Crippen LogP contribution in [0.3, 0.4) is 0 Å². The van der Waals surface area contributed by atoms with Crippen LogP contribution in [-0.4, -0.2) is 34.9 Å². The summed E-state index contributed by atoms with van der Waals surface area (Å²) in [5.41, 5.74) is 1.93. The highest BCUT2D eigenvalue weighted by atomic mass is 16.3. The molecule has 2 heterocycles. The van der Waals surface area contributed by atoms with Gasteiger partial charge in [-0.15, -0.1) is 0 Å². The van der Waals surface area contributed by atoms with Crippen molar-refractivity contribution in [2.45, 2.75) is 19.8 Å². The lowest BCUT2D eigenvalue weighted by Gasteiger charge is -2.32. The second kappa shape index (κ2) is 7.91. The number of hydrogen-bond acceptors (Lipinski definition) is 5. The molecule has 1 fully saturated rings. The average molecular weight is 389 g/mol. The highest BCUT2D eigenvalue weighted by Gasteiger charge is 2.26. The number of para-hydroxylation sites is 1. The number of carbonyl (C=O) groups is 2. The molecular weight excluding hydrogens is 366 g/mol. The number of fused-ring (bicyclic) bond motifs is 1. The van der Waals surface area contributed by atoms with Gasteiger partial charge < -0.3 is 15.3 Å². The molecule has 3 aromatic rings. The van der Waals surface area contributed by atoms with Crippen molar-refractivity contribution in [3.05, 3.63) is 60.2 Å². The molecule has 1 saturated heterocycles. The van der Waals surface area contributed by atoms with Crippen molar-refractivity contribution in [1.82, 2.24) is 4.98 Å². The Labute approximate surface area is 169 Å². The number of piperidine rings is 1. The molecule has 29 heavy (non-hydrogen) atoms. The van der Waals surface area contributed by atoms with E-state index in [1.165, 1.54) is 6.92 Å². The van der Waals surface area contributed by atoms with Crippen LogP contribution in [-0.2, 0) is 4.79 Å². The fourth-order valence-corrected chi connectivity index (χ4v) is 3.70. The normalized spacial score (nSPS) is 14.7. The molecule has 2 N–H and O–H groups in total. The highest BCUT2D eigenvalue weighted by molar-refractivity contribution is 5.96. The summed E-state index contributed by atoms with van der Waals surface area (Å²) in [4.78, 5) is 30.7. The fraction of sp³-hybridized carbons (Fsp3) is 0.261. The zero-order valence-electron chi connectivity index (χ0n) is 16.3. The predicted molar refractivity (Wildman–Crippen MR) is 113 cm³/mol. The van der Waals surface area contributed by atoms with Crippen molar-refractivity contribution in [3.8, 4) is 5.75 Å². The monoisotopic (exact) mass is 389 g/mol. The van der Waals surface area contributed by atoms with Gasteiger partial charge in [0.15, 0.2) is 5.78 Å². The Morgan fingerprint density at radius 3 is 2.45 bits per heavy atom. The number of carbonyl (C=O) groups excluding carboxylic acids is 2. The van der Waals surface area contributed by atoms with Gasteiger partial charge in [-0.05, 0) is 62.2 Å². The van der Waals surface area contributed by atoms with Gasteiger partial charge in [0.1, 0.15) is 17.1 Å². The van der Waals surface area contributed by atoms with Crippen LogP contribution < -0.4 is 10.2 Å². The Hall–Kier alpha value is -3.41. The summed E-state index contributed by atoms with van der Waals surface area (Å²) in [6, 6.07) is 16.2. The number of pyridine rings is 1. The summed E-state index contributed by atoms with van der Waals surface area (Å²) >= 11 is 0. The zero-order valence-corrected chi connectivity index (χ0v) is 16.3. The summed E-state index contributed by atoms with van der Waals surface area (Å²) in [5, 5.41) is 13.9. The van der Waals surface area contributed by atoms with Gasteiger partial charge in [-0.25, -0.2) is 4.98 Å². The minimum Gasteiger partial charge on any atom is -0.506 e. The van der Waals surface area contributed by atoms with Crippen LogP contribution in [0.15, 0.2) is 54.6 Å². The van der Waals surface area contributed by atoms with Crippen molar-refractivity contribution in [1.29, 1.82) is 0 Å². The Morgan fingerprint density at radius 2 is 1.76 bits per heavy atom. The zero-order chi connectivity index (χ0) is 20.4. The van der Waals surface area contributed by atoms with E-state index >= 15 is 0 Å². The number of phenolic OH excluding ortho intramolecular Hbond substituents is 1. The first-order valence-electron chi connectivity index (χ1n) is 9.77. The standard InChI is InChI=1S/C23H23N3O3/c1-15(27)16-5-8-19(9-6-16)24-23(29)18-11-13-26(14-12-18)21-10-7-17-3-2-4-20(28)22(17)25-21/h2-10,18,28H,11-14H2,1H3,(H,24,29). The van der Waals surface area contributed by atoms with Gasteiger partial charge in [0.05, 0.1) is 0 Å². The molecule has 0 saturated carbocycles. The van der Waals surface area contributed by atoms with E-state index in [9.17, 15) is 14.7 Å². The molecule has 0 radical (unpaired) electrons. The molecule has 0 spiro atoms. The smallest absolute Gasteiger partial charge is 0.227 e. The summed E-state index contributed by atoms with van der Waals surface area (Å²) < 4.78 is 0. The molecule has 148 valence electrons. The Morgan fingerprint density at radius 1 is 1.03 bits per heavy atom. The van der Waals surface area contributed by atoms with Gasteiger partial charge in [-0.2, -0.15) is 0 Å². The van der Waals surface area contributed by atoms with E-state index in [0.29, 0.717) is 16.8 Å². The maximum atomic E-state index is 12.6. The first-order chi connectivity index (χ1) is 14.0. The van der Waals surface area contributed by atoms with Crippen LogP contribution in [0.4, 0.5) is 11.5 Å². The number of ketones is 1. The Bertz CT molecular complexity index is 1050. The van der Waals surface area contributed by atoms with Gasteiger partial charge in [0, 0.05) is 35.6 Å². The molecule has 1 amide bonds. The molecular formula is C23H23N3O3.